The van der Waals surface area contributed by atoms with Crippen molar-refractivity contribution in [2.75, 3.05) is 6.61 Å². The minimum atomic E-state index is -1.44. The van der Waals surface area contributed by atoms with Gasteiger partial charge < -0.3 is 42.0 Å². The molecule has 0 saturated heterocycles. The van der Waals surface area contributed by atoms with Crippen LogP contribution in [0.1, 0.15) is 32.9 Å². The summed E-state index contributed by atoms with van der Waals surface area (Å²) in [6, 6.07) is -5.14. The lowest BCUT2D eigenvalue weighted by atomic mass is 10.0. The highest BCUT2D eigenvalue weighted by molar-refractivity contribution is 5.94. The van der Waals surface area contributed by atoms with Gasteiger partial charge in [0.05, 0.1) is 19.0 Å². The first-order valence-corrected chi connectivity index (χ1v) is 10.1. The van der Waals surface area contributed by atoms with Gasteiger partial charge in [0.25, 0.3) is 0 Å². The first-order valence-electron chi connectivity index (χ1n) is 10.1. The van der Waals surface area contributed by atoms with E-state index in [0.29, 0.717) is 5.69 Å². The summed E-state index contributed by atoms with van der Waals surface area (Å²) in [7, 11) is 0. The molecule has 13 nitrogen and oxygen atoms in total. The zero-order chi connectivity index (χ0) is 24.4. The van der Waals surface area contributed by atoms with Gasteiger partial charge in [-0.05, 0) is 19.3 Å². The third-order valence-electron chi connectivity index (χ3n) is 4.53. The van der Waals surface area contributed by atoms with Gasteiger partial charge in [0.2, 0.25) is 17.7 Å². The van der Waals surface area contributed by atoms with Crippen molar-refractivity contribution in [3.63, 3.8) is 0 Å². The van der Waals surface area contributed by atoms with E-state index in [1.165, 1.54) is 19.4 Å². The van der Waals surface area contributed by atoms with E-state index in [4.69, 9.17) is 10.8 Å². The second-order valence-electron chi connectivity index (χ2n) is 7.89. The summed E-state index contributed by atoms with van der Waals surface area (Å²) in [5, 5.41) is 35.4. The van der Waals surface area contributed by atoms with Crippen LogP contribution in [0.2, 0.25) is 0 Å². The number of aliphatic hydroxyl groups is 2. The lowest BCUT2D eigenvalue weighted by Crippen LogP contribution is -2.60. The lowest BCUT2D eigenvalue weighted by molar-refractivity contribution is -0.142. The fourth-order valence-corrected chi connectivity index (χ4v) is 2.80. The van der Waals surface area contributed by atoms with Gasteiger partial charge in [-0.3, -0.25) is 14.4 Å². The topological polar surface area (TPSA) is 220 Å². The summed E-state index contributed by atoms with van der Waals surface area (Å²) in [5.74, 6) is -3.77. The first kappa shape index (κ1) is 27.0. The third kappa shape index (κ3) is 8.61. The van der Waals surface area contributed by atoms with Gasteiger partial charge in [0.15, 0.2) is 0 Å². The van der Waals surface area contributed by atoms with E-state index < -0.39 is 60.6 Å². The Kier molecular flexibility index (Phi) is 10.7. The fourth-order valence-electron chi connectivity index (χ4n) is 2.80. The summed E-state index contributed by atoms with van der Waals surface area (Å²) < 4.78 is 0. The smallest absolute Gasteiger partial charge is 0.326 e. The van der Waals surface area contributed by atoms with E-state index in [1.807, 2.05) is 0 Å². The Morgan fingerprint density at radius 1 is 1.06 bits per heavy atom. The number of carboxylic acids is 1. The molecule has 0 saturated carbocycles. The minimum Gasteiger partial charge on any atom is -0.480 e. The number of imidazole rings is 1. The molecule has 0 fully saturated rings. The van der Waals surface area contributed by atoms with Crippen LogP contribution in [0.15, 0.2) is 12.5 Å². The standard InChI is InChI=1S/C19H32N6O7/c1-9(2)4-13(17(29)24-14(19(31)32)5-11-6-21-8-22-11)23-18(30)15(10(3)27)25-16(28)12(20)7-26/h6,8-10,12-15,26-27H,4-5,7,20H2,1-3H3,(H,21,22)(H,23,30)(H,24,29)(H,25,28)(H,31,32). The maximum Gasteiger partial charge on any atom is 0.326 e. The lowest BCUT2D eigenvalue weighted by Gasteiger charge is -2.27. The van der Waals surface area contributed by atoms with E-state index in [1.54, 1.807) is 13.8 Å². The Morgan fingerprint density at radius 2 is 1.69 bits per heavy atom. The predicted molar refractivity (Wildman–Crippen MR) is 112 cm³/mol. The van der Waals surface area contributed by atoms with Crippen molar-refractivity contribution in [2.45, 2.75) is 63.9 Å². The number of H-pyrrole nitrogens is 1. The summed E-state index contributed by atoms with van der Waals surface area (Å²) in [5.41, 5.74) is 5.92. The zero-order valence-electron chi connectivity index (χ0n) is 18.2. The molecule has 5 unspecified atom stereocenters. The number of aromatic amines is 1. The molecule has 1 rings (SSSR count). The Morgan fingerprint density at radius 3 is 2.16 bits per heavy atom. The van der Waals surface area contributed by atoms with Crippen molar-refractivity contribution in [3.05, 3.63) is 18.2 Å². The number of aliphatic carboxylic acids is 1. The fraction of sp³-hybridized carbons (Fsp3) is 0.632. The predicted octanol–water partition coefficient (Wildman–Crippen LogP) is -2.76. The molecular weight excluding hydrogens is 424 g/mol. The molecule has 0 spiro atoms. The van der Waals surface area contributed by atoms with Gasteiger partial charge >= 0.3 is 5.97 Å². The molecule has 1 aromatic rings. The quantitative estimate of drug-likeness (QED) is 0.154. The third-order valence-corrected chi connectivity index (χ3v) is 4.53. The average Bonchev–Trinajstić information content (AvgIpc) is 3.22. The molecule has 0 bridgehead atoms. The number of hydrogen-bond donors (Lipinski definition) is 8. The van der Waals surface area contributed by atoms with E-state index in [-0.39, 0.29) is 18.8 Å². The molecule has 0 aromatic carbocycles. The van der Waals surface area contributed by atoms with Crippen LogP contribution < -0.4 is 21.7 Å². The summed E-state index contributed by atoms with van der Waals surface area (Å²) in [6.45, 7) is 4.21. The summed E-state index contributed by atoms with van der Waals surface area (Å²) in [6.07, 6.45) is 1.60. The molecule has 0 aliphatic rings. The Labute approximate surface area is 185 Å². The van der Waals surface area contributed by atoms with E-state index in [9.17, 15) is 29.4 Å². The Balaban J connectivity index is 2.94. The second-order valence-corrected chi connectivity index (χ2v) is 7.89. The highest BCUT2D eigenvalue weighted by Crippen LogP contribution is 2.08. The molecule has 0 aliphatic carbocycles. The largest absolute Gasteiger partial charge is 0.480 e. The molecule has 32 heavy (non-hydrogen) atoms. The van der Waals surface area contributed by atoms with Crippen molar-refractivity contribution in [1.82, 2.24) is 25.9 Å². The highest BCUT2D eigenvalue weighted by atomic mass is 16.4. The molecule has 9 N–H and O–H groups in total. The van der Waals surface area contributed by atoms with Crippen LogP contribution in [0, 0.1) is 5.92 Å². The number of carbonyl (C=O) groups excluding carboxylic acids is 3. The minimum absolute atomic E-state index is 0.0468. The Bertz CT molecular complexity index is 768. The van der Waals surface area contributed by atoms with Crippen LogP contribution in [0.25, 0.3) is 0 Å². The number of aliphatic hydroxyl groups excluding tert-OH is 2. The Hall–Kier alpha value is -3.03. The number of hydrogen-bond acceptors (Lipinski definition) is 8. The van der Waals surface area contributed by atoms with Gasteiger partial charge in [-0.1, -0.05) is 13.8 Å². The number of carboxylic acid groups (broad SMARTS) is 1. The number of nitrogens with zero attached hydrogens (tertiary/aromatic N) is 1. The number of carbonyl (C=O) groups is 4. The zero-order valence-corrected chi connectivity index (χ0v) is 18.2. The summed E-state index contributed by atoms with van der Waals surface area (Å²) in [4.78, 5) is 55.6. The number of aromatic nitrogens is 2. The van der Waals surface area contributed by atoms with Gasteiger partial charge in [0, 0.05) is 18.3 Å². The van der Waals surface area contributed by atoms with Crippen LogP contribution in [0.3, 0.4) is 0 Å². The van der Waals surface area contributed by atoms with Gasteiger partial charge in [-0.15, -0.1) is 0 Å². The van der Waals surface area contributed by atoms with Crippen LogP contribution >= 0.6 is 0 Å². The van der Waals surface area contributed by atoms with Crippen LogP contribution in [0.4, 0.5) is 0 Å². The highest BCUT2D eigenvalue weighted by Gasteiger charge is 2.32. The van der Waals surface area contributed by atoms with Gasteiger partial charge in [-0.2, -0.15) is 0 Å². The number of nitrogens with two attached hydrogens (primary N) is 1. The van der Waals surface area contributed by atoms with Gasteiger partial charge in [0.1, 0.15) is 24.2 Å². The molecule has 180 valence electrons. The van der Waals surface area contributed by atoms with E-state index in [2.05, 4.69) is 25.9 Å². The van der Waals surface area contributed by atoms with Crippen molar-refractivity contribution >= 4 is 23.7 Å². The molecule has 5 atom stereocenters. The molecule has 13 heteroatoms. The molecule has 0 radical (unpaired) electrons. The number of amides is 3. The molecule has 1 aromatic heterocycles. The van der Waals surface area contributed by atoms with Crippen molar-refractivity contribution in [3.8, 4) is 0 Å². The number of nitrogens with one attached hydrogen (secondary N) is 4. The van der Waals surface area contributed by atoms with Gasteiger partial charge in [-0.25, -0.2) is 9.78 Å². The summed E-state index contributed by atoms with van der Waals surface area (Å²) >= 11 is 0. The maximum atomic E-state index is 12.8. The SMILES string of the molecule is CC(C)CC(NC(=O)C(NC(=O)C(N)CO)C(C)O)C(=O)NC(Cc1cnc[nH]1)C(=O)O. The van der Waals surface area contributed by atoms with Crippen LogP contribution in [-0.2, 0) is 25.6 Å². The van der Waals surface area contributed by atoms with Crippen molar-refractivity contribution in [2.24, 2.45) is 11.7 Å². The number of rotatable bonds is 13. The van der Waals surface area contributed by atoms with Crippen LogP contribution in [-0.4, -0.2) is 85.9 Å². The molecular formula is C19H32N6O7. The monoisotopic (exact) mass is 456 g/mol. The average molecular weight is 457 g/mol. The van der Waals surface area contributed by atoms with Crippen molar-refractivity contribution < 1.29 is 34.5 Å². The van der Waals surface area contributed by atoms with E-state index in [0.717, 1.165) is 0 Å². The molecule has 1 heterocycles. The van der Waals surface area contributed by atoms with E-state index >= 15 is 0 Å². The second kappa shape index (κ2) is 12.7. The normalized spacial score (nSPS) is 15.8. The molecule has 3 amide bonds. The van der Waals surface area contributed by atoms with Crippen molar-refractivity contribution in [1.29, 1.82) is 0 Å². The van der Waals surface area contributed by atoms with Crippen LogP contribution in [0.5, 0.6) is 0 Å². The molecule has 0 aliphatic heterocycles. The maximum absolute atomic E-state index is 12.8. The first-order chi connectivity index (χ1) is 15.0.